The second-order valence-corrected chi connectivity index (χ2v) is 4.50. The molecule has 0 saturated heterocycles. The topological polar surface area (TPSA) is 72.9 Å². The number of hydrogen-bond acceptors (Lipinski definition) is 3. The van der Waals surface area contributed by atoms with E-state index < -0.39 is 5.82 Å². The van der Waals surface area contributed by atoms with Crippen molar-refractivity contribution >= 4 is 11.6 Å². The molecule has 2 aromatic rings. The standard InChI is InChI=1S/C14H17FN4O/c15-12-9-11(3-4-13(12)16)14(20)18-5-1-2-7-19-8-6-17-10-19/h3-4,6,8-10H,1-2,5,7,16H2,(H,18,20). The Hall–Kier alpha value is -2.37. The van der Waals surface area contributed by atoms with Gasteiger partial charge in [0.15, 0.2) is 0 Å². The van der Waals surface area contributed by atoms with E-state index >= 15 is 0 Å². The van der Waals surface area contributed by atoms with Crippen molar-refractivity contribution in [1.29, 1.82) is 0 Å². The van der Waals surface area contributed by atoms with Crippen LogP contribution in [0.2, 0.25) is 0 Å². The van der Waals surface area contributed by atoms with Crippen LogP contribution in [0.1, 0.15) is 23.2 Å². The molecule has 2 rings (SSSR count). The first kappa shape index (κ1) is 14.0. The highest BCUT2D eigenvalue weighted by molar-refractivity contribution is 5.94. The van der Waals surface area contributed by atoms with E-state index in [-0.39, 0.29) is 17.2 Å². The molecule has 0 aliphatic rings. The average Bonchev–Trinajstić information content (AvgIpc) is 2.94. The average molecular weight is 276 g/mol. The number of rotatable bonds is 6. The normalized spacial score (nSPS) is 10.4. The third-order valence-electron chi connectivity index (χ3n) is 2.95. The molecule has 0 radical (unpaired) electrons. The van der Waals surface area contributed by atoms with Crippen molar-refractivity contribution < 1.29 is 9.18 Å². The SMILES string of the molecule is Nc1ccc(C(=O)NCCCCn2ccnc2)cc1F. The number of anilines is 1. The van der Waals surface area contributed by atoms with Gasteiger partial charge in [-0.05, 0) is 31.0 Å². The summed E-state index contributed by atoms with van der Waals surface area (Å²) in [6.45, 7) is 1.42. The van der Waals surface area contributed by atoms with Gasteiger partial charge in [0.1, 0.15) is 5.82 Å². The van der Waals surface area contributed by atoms with Crippen molar-refractivity contribution in [1.82, 2.24) is 14.9 Å². The second-order valence-electron chi connectivity index (χ2n) is 4.50. The molecular weight excluding hydrogens is 259 g/mol. The molecule has 106 valence electrons. The molecule has 0 spiro atoms. The highest BCUT2D eigenvalue weighted by Gasteiger charge is 2.07. The van der Waals surface area contributed by atoms with Crippen LogP contribution in [0.15, 0.2) is 36.9 Å². The summed E-state index contributed by atoms with van der Waals surface area (Å²) in [5, 5.41) is 2.75. The van der Waals surface area contributed by atoms with Gasteiger partial charge in [-0.15, -0.1) is 0 Å². The summed E-state index contributed by atoms with van der Waals surface area (Å²) in [6, 6.07) is 4.05. The first-order valence-electron chi connectivity index (χ1n) is 6.46. The van der Waals surface area contributed by atoms with Crippen LogP contribution in [-0.4, -0.2) is 22.0 Å². The molecule has 0 aliphatic carbocycles. The summed E-state index contributed by atoms with van der Waals surface area (Å²) in [6.07, 6.45) is 7.18. The molecule has 6 heteroatoms. The molecule has 20 heavy (non-hydrogen) atoms. The van der Waals surface area contributed by atoms with Crippen LogP contribution < -0.4 is 11.1 Å². The first-order chi connectivity index (χ1) is 9.66. The predicted molar refractivity (Wildman–Crippen MR) is 74.6 cm³/mol. The largest absolute Gasteiger partial charge is 0.396 e. The molecule has 0 bridgehead atoms. The molecule has 0 atom stereocenters. The van der Waals surface area contributed by atoms with Gasteiger partial charge >= 0.3 is 0 Å². The van der Waals surface area contributed by atoms with Crippen LogP contribution in [-0.2, 0) is 6.54 Å². The Kier molecular flexibility index (Phi) is 4.70. The lowest BCUT2D eigenvalue weighted by Gasteiger charge is -2.06. The van der Waals surface area contributed by atoms with E-state index in [0.29, 0.717) is 6.54 Å². The zero-order chi connectivity index (χ0) is 14.4. The van der Waals surface area contributed by atoms with Gasteiger partial charge < -0.3 is 15.6 Å². The highest BCUT2D eigenvalue weighted by atomic mass is 19.1. The van der Waals surface area contributed by atoms with Crippen molar-refractivity contribution in [2.45, 2.75) is 19.4 Å². The fourth-order valence-corrected chi connectivity index (χ4v) is 1.81. The van der Waals surface area contributed by atoms with Crippen LogP contribution >= 0.6 is 0 Å². The number of amides is 1. The summed E-state index contributed by atoms with van der Waals surface area (Å²) < 4.78 is 15.2. The maximum atomic E-state index is 13.2. The minimum Gasteiger partial charge on any atom is -0.396 e. The Morgan fingerprint density at radius 1 is 1.40 bits per heavy atom. The van der Waals surface area contributed by atoms with Crippen molar-refractivity contribution in [3.8, 4) is 0 Å². The third-order valence-corrected chi connectivity index (χ3v) is 2.95. The molecule has 0 aliphatic heterocycles. The number of aromatic nitrogens is 2. The minimum absolute atomic E-state index is 0.0434. The summed E-state index contributed by atoms with van der Waals surface area (Å²) in [5.41, 5.74) is 5.69. The molecule has 0 fully saturated rings. The number of nitrogens with two attached hydrogens (primary N) is 1. The van der Waals surface area contributed by atoms with E-state index in [1.54, 1.807) is 12.5 Å². The number of aryl methyl sites for hydroxylation is 1. The molecule has 0 unspecified atom stereocenters. The number of imidazole rings is 1. The Labute approximate surface area is 116 Å². The number of nitrogen functional groups attached to an aromatic ring is 1. The lowest BCUT2D eigenvalue weighted by atomic mass is 10.2. The molecule has 1 aromatic carbocycles. The summed E-state index contributed by atoms with van der Waals surface area (Å²) >= 11 is 0. The minimum atomic E-state index is -0.572. The fraction of sp³-hybridized carbons (Fsp3) is 0.286. The Morgan fingerprint density at radius 3 is 2.95 bits per heavy atom. The number of carbonyl (C=O) groups excluding carboxylic acids is 1. The van der Waals surface area contributed by atoms with Crippen LogP contribution in [0.5, 0.6) is 0 Å². The van der Waals surface area contributed by atoms with E-state index in [0.717, 1.165) is 25.5 Å². The third kappa shape index (κ3) is 3.81. The van der Waals surface area contributed by atoms with Gasteiger partial charge in [-0.3, -0.25) is 4.79 Å². The van der Waals surface area contributed by atoms with Gasteiger partial charge in [0.05, 0.1) is 12.0 Å². The van der Waals surface area contributed by atoms with Crippen molar-refractivity contribution in [3.05, 3.63) is 48.3 Å². The predicted octanol–water partition coefficient (Wildman–Crippen LogP) is 1.81. The number of benzene rings is 1. The van der Waals surface area contributed by atoms with Crippen molar-refractivity contribution in [2.24, 2.45) is 0 Å². The molecule has 1 amide bonds. The van der Waals surface area contributed by atoms with E-state index in [4.69, 9.17) is 5.73 Å². The summed E-state index contributed by atoms with van der Waals surface area (Å²) in [4.78, 5) is 15.7. The Morgan fingerprint density at radius 2 is 2.25 bits per heavy atom. The fourth-order valence-electron chi connectivity index (χ4n) is 1.81. The smallest absolute Gasteiger partial charge is 0.251 e. The van der Waals surface area contributed by atoms with Crippen LogP contribution in [0.25, 0.3) is 0 Å². The van der Waals surface area contributed by atoms with E-state index in [1.807, 2.05) is 10.8 Å². The molecule has 1 heterocycles. The van der Waals surface area contributed by atoms with Gasteiger partial charge in [0.25, 0.3) is 5.91 Å². The van der Waals surface area contributed by atoms with Gasteiger partial charge in [-0.2, -0.15) is 0 Å². The van der Waals surface area contributed by atoms with Crippen molar-refractivity contribution in [2.75, 3.05) is 12.3 Å². The lowest BCUT2D eigenvalue weighted by Crippen LogP contribution is -2.24. The number of halogens is 1. The van der Waals surface area contributed by atoms with E-state index in [9.17, 15) is 9.18 Å². The van der Waals surface area contributed by atoms with Crippen molar-refractivity contribution in [3.63, 3.8) is 0 Å². The van der Waals surface area contributed by atoms with Gasteiger partial charge in [-0.25, -0.2) is 9.37 Å². The van der Waals surface area contributed by atoms with Gasteiger partial charge in [0, 0.05) is 31.0 Å². The molecule has 5 nitrogen and oxygen atoms in total. The number of unbranched alkanes of at least 4 members (excludes halogenated alkanes) is 1. The number of nitrogens with one attached hydrogen (secondary N) is 1. The van der Waals surface area contributed by atoms with E-state index in [2.05, 4.69) is 10.3 Å². The van der Waals surface area contributed by atoms with Gasteiger partial charge in [-0.1, -0.05) is 0 Å². The Balaban J connectivity index is 1.70. The van der Waals surface area contributed by atoms with E-state index in [1.165, 1.54) is 12.1 Å². The molecule has 0 saturated carbocycles. The zero-order valence-electron chi connectivity index (χ0n) is 11.1. The van der Waals surface area contributed by atoms with Crippen LogP contribution in [0.3, 0.4) is 0 Å². The molecule has 3 N–H and O–H groups in total. The zero-order valence-corrected chi connectivity index (χ0v) is 11.1. The molecular formula is C14H17FN4O. The first-order valence-corrected chi connectivity index (χ1v) is 6.46. The van der Waals surface area contributed by atoms with Gasteiger partial charge in [0.2, 0.25) is 0 Å². The van der Waals surface area contributed by atoms with Crippen LogP contribution in [0, 0.1) is 5.82 Å². The monoisotopic (exact) mass is 276 g/mol. The maximum Gasteiger partial charge on any atom is 0.251 e. The number of hydrogen-bond donors (Lipinski definition) is 2. The number of nitrogens with zero attached hydrogens (tertiary/aromatic N) is 2. The molecule has 1 aromatic heterocycles. The summed E-state index contributed by atoms with van der Waals surface area (Å²) in [5.74, 6) is -0.857. The quantitative estimate of drug-likeness (QED) is 0.624. The second kappa shape index (κ2) is 6.70. The Bertz CT molecular complexity index is 569. The summed E-state index contributed by atoms with van der Waals surface area (Å²) in [7, 11) is 0. The van der Waals surface area contributed by atoms with Crippen LogP contribution in [0.4, 0.5) is 10.1 Å². The number of carbonyl (C=O) groups is 1. The maximum absolute atomic E-state index is 13.2. The highest BCUT2D eigenvalue weighted by Crippen LogP contribution is 2.11. The lowest BCUT2D eigenvalue weighted by molar-refractivity contribution is 0.0952.